The van der Waals surface area contributed by atoms with Gasteiger partial charge in [0.25, 0.3) is 0 Å². The molecule has 0 aliphatic heterocycles. The van der Waals surface area contributed by atoms with E-state index < -0.39 is 0 Å². The molecular formula is C7H14NNa. The molecule has 0 saturated carbocycles. The molecule has 0 aromatic rings. The molecule has 0 aromatic carbocycles. The van der Waals surface area contributed by atoms with Gasteiger partial charge in [0, 0.05) is 5.92 Å². The van der Waals surface area contributed by atoms with Crippen molar-refractivity contribution in [1.29, 1.82) is 5.26 Å². The fourth-order valence-electron chi connectivity index (χ4n) is 0.760. The van der Waals surface area contributed by atoms with Crippen LogP contribution in [0.5, 0.6) is 0 Å². The predicted octanol–water partition coefficient (Wildman–Crippen LogP) is 1.54. The minimum absolute atomic E-state index is 0. The second-order valence-electron chi connectivity index (χ2n) is 2.66. The molecule has 0 heterocycles. The monoisotopic (exact) mass is 135 g/mol. The summed E-state index contributed by atoms with van der Waals surface area (Å²) in [6.45, 7) is 6.22. The Bertz CT molecular complexity index is 93.6. The Hall–Kier alpha value is 0.490. The van der Waals surface area contributed by atoms with E-state index in [0.29, 0.717) is 5.92 Å². The van der Waals surface area contributed by atoms with Crippen molar-refractivity contribution in [2.75, 3.05) is 0 Å². The van der Waals surface area contributed by atoms with Gasteiger partial charge in [-0.05, 0) is 19.3 Å². The number of nitriles is 1. The summed E-state index contributed by atoms with van der Waals surface area (Å²) in [5.74, 6) is 0.889. The Labute approximate surface area is 79.7 Å². The maximum atomic E-state index is 8.33. The summed E-state index contributed by atoms with van der Waals surface area (Å²) in [7, 11) is 0. The SMILES string of the molecule is CC(C)CC(C)C#N.[NaH]. The fourth-order valence-corrected chi connectivity index (χ4v) is 0.760. The van der Waals surface area contributed by atoms with Crippen molar-refractivity contribution in [3.05, 3.63) is 0 Å². The van der Waals surface area contributed by atoms with E-state index >= 15 is 0 Å². The average molecular weight is 135 g/mol. The summed E-state index contributed by atoms with van der Waals surface area (Å²) in [6.07, 6.45) is 1.02. The Kier molecular flexibility index (Phi) is 8.95. The Morgan fingerprint density at radius 2 is 1.78 bits per heavy atom. The summed E-state index contributed by atoms with van der Waals surface area (Å²) in [5.41, 5.74) is 0. The predicted molar refractivity (Wildman–Crippen MR) is 41.4 cm³/mol. The van der Waals surface area contributed by atoms with Crippen LogP contribution in [0.3, 0.4) is 0 Å². The summed E-state index contributed by atoms with van der Waals surface area (Å²) in [5, 5.41) is 8.33. The molecule has 0 radical (unpaired) electrons. The first-order chi connectivity index (χ1) is 3.66. The molecule has 0 spiro atoms. The second kappa shape index (κ2) is 6.61. The van der Waals surface area contributed by atoms with Gasteiger partial charge in [-0.2, -0.15) is 5.26 Å². The molecule has 0 fully saturated rings. The van der Waals surface area contributed by atoms with E-state index in [1.807, 2.05) is 6.92 Å². The first kappa shape index (κ1) is 12.2. The molecule has 1 unspecified atom stereocenters. The topological polar surface area (TPSA) is 23.8 Å². The molecule has 1 nitrogen and oxygen atoms in total. The van der Waals surface area contributed by atoms with E-state index in [-0.39, 0.29) is 35.5 Å². The molecule has 0 amide bonds. The first-order valence-corrected chi connectivity index (χ1v) is 3.06. The third-order valence-corrected chi connectivity index (χ3v) is 1.05. The van der Waals surface area contributed by atoms with Crippen LogP contribution in [-0.4, -0.2) is 29.6 Å². The molecule has 0 rings (SSSR count). The molecule has 0 bridgehead atoms. The van der Waals surface area contributed by atoms with Crippen LogP contribution >= 0.6 is 0 Å². The van der Waals surface area contributed by atoms with Crippen molar-refractivity contribution >= 4 is 29.6 Å². The zero-order valence-electron chi connectivity index (χ0n) is 5.81. The Balaban J connectivity index is 0. The van der Waals surface area contributed by atoms with Crippen molar-refractivity contribution in [2.24, 2.45) is 11.8 Å². The zero-order chi connectivity index (χ0) is 6.57. The average Bonchev–Trinajstić information content (AvgIpc) is 1.65. The van der Waals surface area contributed by atoms with Crippen molar-refractivity contribution in [2.45, 2.75) is 27.2 Å². The van der Waals surface area contributed by atoms with Crippen molar-refractivity contribution in [1.82, 2.24) is 0 Å². The van der Waals surface area contributed by atoms with Crippen LogP contribution in [0.1, 0.15) is 27.2 Å². The van der Waals surface area contributed by atoms with Gasteiger partial charge in [0.05, 0.1) is 6.07 Å². The van der Waals surface area contributed by atoms with Gasteiger partial charge in [-0.1, -0.05) is 13.8 Å². The normalized spacial score (nSPS) is 11.9. The van der Waals surface area contributed by atoms with E-state index in [9.17, 15) is 0 Å². The van der Waals surface area contributed by atoms with Crippen molar-refractivity contribution < 1.29 is 0 Å². The van der Waals surface area contributed by atoms with Crippen LogP contribution in [0.15, 0.2) is 0 Å². The molecule has 0 aromatic heterocycles. The molecule has 0 aliphatic rings. The quantitative estimate of drug-likeness (QED) is 0.527. The maximum absolute atomic E-state index is 8.33. The second-order valence-corrected chi connectivity index (χ2v) is 2.66. The van der Waals surface area contributed by atoms with Crippen LogP contribution in [0, 0.1) is 23.2 Å². The summed E-state index contributed by atoms with van der Waals surface area (Å²) in [4.78, 5) is 0. The van der Waals surface area contributed by atoms with Gasteiger partial charge >= 0.3 is 29.6 Å². The van der Waals surface area contributed by atoms with Crippen LogP contribution in [0.25, 0.3) is 0 Å². The number of hydrogen-bond donors (Lipinski definition) is 0. The minimum atomic E-state index is 0. The van der Waals surface area contributed by atoms with Gasteiger partial charge in [0.1, 0.15) is 0 Å². The molecule has 0 aliphatic carbocycles. The van der Waals surface area contributed by atoms with Crippen LogP contribution in [0.2, 0.25) is 0 Å². The van der Waals surface area contributed by atoms with Crippen LogP contribution < -0.4 is 0 Å². The molecule has 1 atom stereocenters. The van der Waals surface area contributed by atoms with Crippen molar-refractivity contribution in [3.8, 4) is 6.07 Å². The Morgan fingerprint density at radius 1 is 1.33 bits per heavy atom. The van der Waals surface area contributed by atoms with Crippen LogP contribution in [0.4, 0.5) is 0 Å². The van der Waals surface area contributed by atoms with E-state index in [1.165, 1.54) is 0 Å². The van der Waals surface area contributed by atoms with Gasteiger partial charge in [0.15, 0.2) is 0 Å². The number of nitrogens with zero attached hydrogens (tertiary/aromatic N) is 1. The van der Waals surface area contributed by atoms with Gasteiger partial charge in [-0.25, -0.2) is 0 Å². The van der Waals surface area contributed by atoms with E-state index in [0.717, 1.165) is 6.42 Å². The van der Waals surface area contributed by atoms with Crippen molar-refractivity contribution in [3.63, 3.8) is 0 Å². The van der Waals surface area contributed by atoms with Gasteiger partial charge in [-0.15, -0.1) is 0 Å². The molecular weight excluding hydrogens is 121 g/mol. The van der Waals surface area contributed by atoms with E-state index in [1.54, 1.807) is 0 Å². The van der Waals surface area contributed by atoms with Crippen LogP contribution in [-0.2, 0) is 0 Å². The molecule has 0 saturated heterocycles. The van der Waals surface area contributed by atoms with E-state index in [4.69, 9.17) is 5.26 Å². The zero-order valence-corrected chi connectivity index (χ0v) is 5.81. The third-order valence-electron chi connectivity index (χ3n) is 1.05. The molecule has 2 heteroatoms. The standard InChI is InChI=1S/C7H13N.Na.H/c1-6(2)4-7(3)5-8;;/h6-7H,4H2,1-3H3;;. The molecule has 0 N–H and O–H groups in total. The summed E-state index contributed by atoms with van der Waals surface area (Å²) < 4.78 is 0. The molecule has 9 heavy (non-hydrogen) atoms. The number of rotatable bonds is 2. The van der Waals surface area contributed by atoms with E-state index in [2.05, 4.69) is 19.9 Å². The fraction of sp³-hybridized carbons (Fsp3) is 0.857. The van der Waals surface area contributed by atoms with Gasteiger partial charge in [-0.3, -0.25) is 0 Å². The Morgan fingerprint density at radius 3 is 1.89 bits per heavy atom. The van der Waals surface area contributed by atoms with Gasteiger partial charge in [0.2, 0.25) is 0 Å². The number of hydrogen-bond acceptors (Lipinski definition) is 1. The molecule has 48 valence electrons. The van der Waals surface area contributed by atoms with Gasteiger partial charge < -0.3 is 0 Å². The first-order valence-electron chi connectivity index (χ1n) is 3.06. The third kappa shape index (κ3) is 8.49. The summed E-state index contributed by atoms with van der Waals surface area (Å²) in [6, 6.07) is 2.20. The summed E-state index contributed by atoms with van der Waals surface area (Å²) >= 11 is 0.